The molecule has 2 rings (SSSR count). The lowest BCUT2D eigenvalue weighted by Crippen LogP contribution is -2.42. The molecule has 1 unspecified atom stereocenters. The first kappa shape index (κ1) is 14.5. The number of carboxylic acid groups (broad SMARTS) is 1. The van der Waals surface area contributed by atoms with Gasteiger partial charge in [0.05, 0.1) is 18.4 Å². The first-order valence-corrected chi connectivity index (χ1v) is 6.94. The fourth-order valence-electron chi connectivity index (χ4n) is 2.48. The Morgan fingerprint density at radius 1 is 1.35 bits per heavy atom. The normalized spacial score (nSPS) is 20.1. The molecule has 1 heterocycles. The maximum absolute atomic E-state index is 12.2. The van der Waals surface area contributed by atoms with E-state index < -0.39 is 12.0 Å². The van der Waals surface area contributed by atoms with Gasteiger partial charge in [-0.1, -0.05) is 30.3 Å². The molecule has 1 amide bonds. The van der Waals surface area contributed by atoms with Crippen molar-refractivity contribution < 1.29 is 14.7 Å². The van der Waals surface area contributed by atoms with Crippen LogP contribution in [0.1, 0.15) is 30.9 Å². The highest BCUT2D eigenvalue weighted by molar-refractivity contribution is 5.80. The number of carbonyl (C=O) groups is 2. The summed E-state index contributed by atoms with van der Waals surface area (Å²) in [6, 6.07) is 8.77. The van der Waals surface area contributed by atoms with Crippen molar-refractivity contribution in [2.24, 2.45) is 5.92 Å². The Bertz CT molecular complexity index is 455. The van der Waals surface area contributed by atoms with Crippen LogP contribution in [0.15, 0.2) is 30.3 Å². The molecule has 1 aromatic carbocycles. The quantitative estimate of drug-likeness (QED) is 0.758. The van der Waals surface area contributed by atoms with Crippen molar-refractivity contribution in [2.75, 3.05) is 13.1 Å². The number of hydrogen-bond acceptors (Lipinski definition) is 3. The smallest absolute Gasteiger partial charge is 0.305 e. The van der Waals surface area contributed by atoms with Gasteiger partial charge in [-0.3, -0.25) is 9.59 Å². The molecule has 0 aliphatic carbocycles. The van der Waals surface area contributed by atoms with E-state index >= 15 is 0 Å². The molecule has 20 heavy (non-hydrogen) atoms. The summed E-state index contributed by atoms with van der Waals surface area (Å²) in [6.07, 6.45) is 1.73. The zero-order valence-corrected chi connectivity index (χ0v) is 11.3. The highest BCUT2D eigenvalue weighted by atomic mass is 16.4. The van der Waals surface area contributed by atoms with Crippen LogP contribution in [-0.4, -0.2) is 30.1 Å². The number of benzene rings is 1. The molecule has 5 nitrogen and oxygen atoms in total. The Hall–Kier alpha value is -1.88. The fourth-order valence-corrected chi connectivity index (χ4v) is 2.48. The summed E-state index contributed by atoms with van der Waals surface area (Å²) in [5, 5.41) is 15.1. The van der Waals surface area contributed by atoms with Crippen LogP contribution in [0.3, 0.4) is 0 Å². The molecule has 0 spiro atoms. The van der Waals surface area contributed by atoms with E-state index in [1.807, 2.05) is 30.3 Å². The standard InChI is InChI=1S/C15H20N2O3/c18-14(19)9-13(11-5-2-1-3-6-11)17-15(20)12-7-4-8-16-10-12/h1-3,5-6,12-13,16H,4,7-10H2,(H,17,20)(H,18,19)/t12-,13?/m1/s1. The number of aliphatic carboxylic acids is 1. The minimum absolute atomic E-state index is 0.0627. The molecular weight excluding hydrogens is 256 g/mol. The van der Waals surface area contributed by atoms with Crippen LogP contribution in [-0.2, 0) is 9.59 Å². The summed E-state index contributed by atoms with van der Waals surface area (Å²) in [5.74, 6) is -1.04. The number of rotatable bonds is 5. The molecular formula is C15H20N2O3. The Kier molecular flexibility index (Phi) is 5.12. The van der Waals surface area contributed by atoms with E-state index in [9.17, 15) is 9.59 Å². The van der Waals surface area contributed by atoms with Crippen LogP contribution in [0.5, 0.6) is 0 Å². The Labute approximate surface area is 118 Å². The van der Waals surface area contributed by atoms with Gasteiger partial charge in [-0.2, -0.15) is 0 Å². The topological polar surface area (TPSA) is 78.4 Å². The molecule has 5 heteroatoms. The number of carbonyl (C=O) groups excluding carboxylic acids is 1. The zero-order chi connectivity index (χ0) is 14.4. The van der Waals surface area contributed by atoms with Crippen molar-refractivity contribution in [1.29, 1.82) is 0 Å². The van der Waals surface area contributed by atoms with Crippen molar-refractivity contribution in [1.82, 2.24) is 10.6 Å². The van der Waals surface area contributed by atoms with Gasteiger partial charge in [0.2, 0.25) is 5.91 Å². The van der Waals surface area contributed by atoms with E-state index in [1.165, 1.54) is 0 Å². The maximum atomic E-state index is 12.2. The van der Waals surface area contributed by atoms with Gasteiger partial charge in [-0.25, -0.2) is 0 Å². The summed E-state index contributed by atoms with van der Waals surface area (Å²) in [4.78, 5) is 23.2. The van der Waals surface area contributed by atoms with Crippen molar-refractivity contribution in [3.05, 3.63) is 35.9 Å². The summed E-state index contributed by atoms with van der Waals surface area (Å²) >= 11 is 0. The van der Waals surface area contributed by atoms with E-state index in [1.54, 1.807) is 0 Å². The zero-order valence-electron chi connectivity index (χ0n) is 11.3. The summed E-state index contributed by atoms with van der Waals surface area (Å²) in [5.41, 5.74) is 0.826. The number of hydrogen-bond donors (Lipinski definition) is 3. The van der Waals surface area contributed by atoms with Crippen LogP contribution >= 0.6 is 0 Å². The van der Waals surface area contributed by atoms with Gasteiger partial charge >= 0.3 is 5.97 Å². The van der Waals surface area contributed by atoms with E-state index in [0.29, 0.717) is 6.54 Å². The van der Waals surface area contributed by atoms with Gasteiger partial charge in [0, 0.05) is 6.54 Å². The average molecular weight is 276 g/mol. The number of piperidine rings is 1. The van der Waals surface area contributed by atoms with Crippen LogP contribution in [0.4, 0.5) is 0 Å². The summed E-state index contributed by atoms with van der Waals surface area (Å²) in [7, 11) is 0. The van der Waals surface area contributed by atoms with Crippen LogP contribution < -0.4 is 10.6 Å². The van der Waals surface area contributed by atoms with E-state index in [-0.39, 0.29) is 18.2 Å². The molecule has 0 saturated carbocycles. The second-order valence-corrected chi connectivity index (χ2v) is 5.11. The Balaban J connectivity index is 2.03. The van der Waals surface area contributed by atoms with Gasteiger partial charge in [0.1, 0.15) is 0 Å². The van der Waals surface area contributed by atoms with Crippen molar-refractivity contribution in [2.45, 2.75) is 25.3 Å². The maximum Gasteiger partial charge on any atom is 0.305 e. The lowest BCUT2D eigenvalue weighted by atomic mass is 9.97. The minimum Gasteiger partial charge on any atom is -0.481 e. The molecule has 0 aromatic heterocycles. The average Bonchev–Trinajstić information content (AvgIpc) is 2.48. The molecule has 108 valence electrons. The molecule has 1 aliphatic rings. The molecule has 0 bridgehead atoms. The first-order chi connectivity index (χ1) is 9.66. The van der Waals surface area contributed by atoms with Crippen LogP contribution in [0, 0.1) is 5.92 Å². The molecule has 0 radical (unpaired) electrons. The van der Waals surface area contributed by atoms with Gasteiger partial charge in [0.25, 0.3) is 0 Å². The monoisotopic (exact) mass is 276 g/mol. The number of amides is 1. The van der Waals surface area contributed by atoms with Crippen molar-refractivity contribution in [3.8, 4) is 0 Å². The molecule has 1 aliphatic heterocycles. The van der Waals surface area contributed by atoms with Crippen molar-refractivity contribution >= 4 is 11.9 Å². The SMILES string of the molecule is O=C(O)CC(NC(=O)[C@@H]1CCCNC1)c1ccccc1. The Morgan fingerprint density at radius 3 is 2.70 bits per heavy atom. The lowest BCUT2D eigenvalue weighted by molar-refractivity contribution is -0.138. The van der Waals surface area contributed by atoms with E-state index in [4.69, 9.17) is 5.11 Å². The summed E-state index contributed by atoms with van der Waals surface area (Å²) < 4.78 is 0. The first-order valence-electron chi connectivity index (χ1n) is 6.94. The summed E-state index contributed by atoms with van der Waals surface area (Å²) in [6.45, 7) is 1.61. The Morgan fingerprint density at radius 2 is 2.10 bits per heavy atom. The van der Waals surface area contributed by atoms with Gasteiger partial charge in [-0.15, -0.1) is 0 Å². The fraction of sp³-hybridized carbons (Fsp3) is 0.467. The van der Waals surface area contributed by atoms with Gasteiger partial charge in [0.15, 0.2) is 0 Å². The second-order valence-electron chi connectivity index (χ2n) is 5.11. The second kappa shape index (κ2) is 7.05. The van der Waals surface area contributed by atoms with Crippen molar-refractivity contribution in [3.63, 3.8) is 0 Å². The minimum atomic E-state index is -0.916. The molecule has 1 fully saturated rings. The molecule has 1 saturated heterocycles. The predicted molar refractivity (Wildman–Crippen MR) is 75.2 cm³/mol. The molecule has 3 N–H and O–H groups in total. The third kappa shape index (κ3) is 4.06. The number of nitrogens with one attached hydrogen (secondary N) is 2. The highest BCUT2D eigenvalue weighted by Gasteiger charge is 2.24. The number of carboxylic acids is 1. The molecule has 1 aromatic rings. The van der Waals surface area contributed by atoms with Crippen LogP contribution in [0.2, 0.25) is 0 Å². The third-order valence-corrected chi connectivity index (χ3v) is 3.56. The predicted octanol–water partition coefficient (Wildman–Crippen LogP) is 1.32. The largest absolute Gasteiger partial charge is 0.481 e. The third-order valence-electron chi connectivity index (χ3n) is 3.56. The molecule has 2 atom stereocenters. The highest BCUT2D eigenvalue weighted by Crippen LogP contribution is 2.18. The van der Waals surface area contributed by atoms with E-state index in [0.717, 1.165) is 24.9 Å². The van der Waals surface area contributed by atoms with Crippen LogP contribution in [0.25, 0.3) is 0 Å². The van der Waals surface area contributed by atoms with Gasteiger partial charge in [-0.05, 0) is 24.9 Å². The lowest BCUT2D eigenvalue weighted by Gasteiger charge is -2.25. The van der Waals surface area contributed by atoms with E-state index in [2.05, 4.69) is 10.6 Å². The van der Waals surface area contributed by atoms with Gasteiger partial charge < -0.3 is 15.7 Å².